The lowest BCUT2D eigenvalue weighted by Crippen LogP contribution is -2.44. The van der Waals surface area contributed by atoms with Crippen LogP contribution in [0.25, 0.3) is 0 Å². The van der Waals surface area contributed by atoms with Crippen molar-refractivity contribution >= 4 is 9.84 Å². The van der Waals surface area contributed by atoms with Gasteiger partial charge in [-0.05, 0) is 38.8 Å². The molecule has 0 bridgehead atoms. The number of hydrogen-bond donors (Lipinski definition) is 1. The van der Waals surface area contributed by atoms with Crippen LogP contribution in [0.2, 0.25) is 0 Å². The molecule has 2 rings (SSSR count). The molecule has 0 aromatic rings. The molecule has 1 heterocycles. The van der Waals surface area contributed by atoms with Crippen molar-refractivity contribution in [3.8, 4) is 0 Å². The van der Waals surface area contributed by atoms with Crippen LogP contribution in [0.1, 0.15) is 25.7 Å². The van der Waals surface area contributed by atoms with Crippen molar-refractivity contribution in [2.75, 3.05) is 25.1 Å². The third kappa shape index (κ3) is 2.41. The number of sulfone groups is 1. The van der Waals surface area contributed by atoms with Gasteiger partial charge in [-0.15, -0.1) is 0 Å². The lowest BCUT2D eigenvalue weighted by molar-refractivity contribution is 0.155. The first-order valence-corrected chi connectivity index (χ1v) is 7.98. The molecule has 1 aliphatic carbocycles. The van der Waals surface area contributed by atoms with Crippen LogP contribution >= 0.6 is 0 Å². The van der Waals surface area contributed by atoms with Crippen LogP contribution in [0.3, 0.4) is 0 Å². The highest BCUT2D eigenvalue weighted by atomic mass is 32.2. The Morgan fingerprint density at radius 1 is 1.31 bits per heavy atom. The lowest BCUT2D eigenvalue weighted by Gasteiger charge is -2.33. The van der Waals surface area contributed by atoms with Gasteiger partial charge in [-0.25, -0.2) is 8.42 Å². The maximum absolute atomic E-state index is 11.5. The van der Waals surface area contributed by atoms with Gasteiger partial charge >= 0.3 is 0 Å². The van der Waals surface area contributed by atoms with Gasteiger partial charge < -0.3 is 5.73 Å². The average Bonchev–Trinajstić information content (AvgIpc) is 2.82. The standard InChI is InChI=1S/C11H22N2O2S/c1-13(10-5-6-16(14,15)8-10)11-4-2-3-9(11)7-12/h9-11H,2-8,12H2,1H3. The van der Waals surface area contributed by atoms with E-state index in [1.165, 1.54) is 19.3 Å². The molecule has 0 spiro atoms. The van der Waals surface area contributed by atoms with Gasteiger partial charge in [0, 0.05) is 12.1 Å². The van der Waals surface area contributed by atoms with Crippen molar-refractivity contribution in [1.29, 1.82) is 0 Å². The summed E-state index contributed by atoms with van der Waals surface area (Å²) in [5.41, 5.74) is 5.77. The summed E-state index contributed by atoms with van der Waals surface area (Å²) in [6, 6.07) is 0.727. The summed E-state index contributed by atoms with van der Waals surface area (Å²) in [6.45, 7) is 0.731. The molecule has 0 aromatic heterocycles. The van der Waals surface area contributed by atoms with Gasteiger partial charge in [-0.1, -0.05) is 6.42 Å². The predicted octanol–water partition coefficient (Wildman–Crippen LogP) is 0.233. The minimum Gasteiger partial charge on any atom is -0.330 e. The van der Waals surface area contributed by atoms with Crippen LogP contribution in [0, 0.1) is 5.92 Å². The fourth-order valence-corrected chi connectivity index (χ4v) is 4.98. The normalized spacial score (nSPS) is 38.3. The van der Waals surface area contributed by atoms with Crippen molar-refractivity contribution in [1.82, 2.24) is 4.90 Å². The summed E-state index contributed by atoms with van der Waals surface area (Å²) in [4.78, 5) is 2.29. The zero-order chi connectivity index (χ0) is 11.8. The summed E-state index contributed by atoms with van der Waals surface area (Å²) in [7, 11) is -0.694. The Bertz CT molecular complexity index is 342. The van der Waals surface area contributed by atoms with Crippen LogP contribution in [-0.4, -0.2) is 50.5 Å². The molecule has 2 N–H and O–H groups in total. The van der Waals surface area contributed by atoms with E-state index in [1.807, 2.05) is 0 Å². The average molecular weight is 246 g/mol. The van der Waals surface area contributed by atoms with Crippen molar-refractivity contribution in [2.45, 2.75) is 37.8 Å². The first kappa shape index (κ1) is 12.3. The van der Waals surface area contributed by atoms with Crippen molar-refractivity contribution < 1.29 is 8.42 Å². The highest BCUT2D eigenvalue weighted by Gasteiger charge is 2.37. The van der Waals surface area contributed by atoms with Gasteiger partial charge in [0.15, 0.2) is 9.84 Å². The summed E-state index contributed by atoms with van der Waals surface area (Å²) >= 11 is 0. The molecule has 4 nitrogen and oxygen atoms in total. The van der Waals surface area contributed by atoms with E-state index in [0.717, 1.165) is 13.0 Å². The van der Waals surface area contributed by atoms with Crippen LogP contribution < -0.4 is 5.73 Å². The summed E-state index contributed by atoms with van der Waals surface area (Å²) in [5, 5.41) is 0. The number of hydrogen-bond acceptors (Lipinski definition) is 4. The molecule has 1 saturated carbocycles. The van der Waals surface area contributed by atoms with E-state index in [-0.39, 0.29) is 6.04 Å². The Labute approximate surface area is 98.1 Å². The van der Waals surface area contributed by atoms with E-state index in [0.29, 0.717) is 23.5 Å². The van der Waals surface area contributed by atoms with Crippen LogP contribution in [0.4, 0.5) is 0 Å². The molecule has 3 atom stereocenters. The zero-order valence-electron chi connectivity index (χ0n) is 9.93. The largest absolute Gasteiger partial charge is 0.330 e. The van der Waals surface area contributed by atoms with Crippen molar-refractivity contribution in [2.24, 2.45) is 11.7 Å². The summed E-state index contributed by atoms with van der Waals surface area (Å²) in [6.07, 6.45) is 4.41. The van der Waals surface area contributed by atoms with Gasteiger partial charge in [0.2, 0.25) is 0 Å². The molecule has 2 fully saturated rings. The molecule has 5 heteroatoms. The fraction of sp³-hybridized carbons (Fsp3) is 1.00. The molecule has 0 radical (unpaired) electrons. The first-order valence-electron chi connectivity index (χ1n) is 6.16. The second-order valence-electron chi connectivity index (χ2n) is 5.22. The molecule has 94 valence electrons. The quantitative estimate of drug-likeness (QED) is 0.774. The second-order valence-corrected chi connectivity index (χ2v) is 7.45. The van der Waals surface area contributed by atoms with Crippen molar-refractivity contribution in [3.63, 3.8) is 0 Å². The van der Waals surface area contributed by atoms with E-state index in [9.17, 15) is 8.42 Å². The molecular formula is C11H22N2O2S. The Hall–Kier alpha value is -0.130. The number of rotatable bonds is 3. The van der Waals surface area contributed by atoms with Gasteiger partial charge in [-0.3, -0.25) is 4.90 Å². The minimum absolute atomic E-state index is 0.224. The third-order valence-corrected chi connectivity index (χ3v) is 5.98. The Balaban J connectivity index is 2.00. The van der Waals surface area contributed by atoms with Gasteiger partial charge in [-0.2, -0.15) is 0 Å². The van der Waals surface area contributed by atoms with Crippen LogP contribution in [-0.2, 0) is 9.84 Å². The Morgan fingerprint density at radius 3 is 2.62 bits per heavy atom. The lowest BCUT2D eigenvalue weighted by atomic mass is 10.0. The molecule has 1 aliphatic heterocycles. The summed E-state index contributed by atoms with van der Waals surface area (Å²) in [5.74, 6) is 1.27. The van der Waals surface area contributed by atoms with E-state index >= 15 is 0 Å². The van der Waals surface area contributed by atoms with Gasteiger partial charge in [0.05, 0.1) is 11.5 Å². The van der Waals surface area contributed by atoms with E-state index in [1.54, 1.807) is 0 Å². The first-order chi connectivity index (χ1) is 7.53. The maximum Gasteiger partial charge on any atom is 0.151 e. The van der Waals surface area contributed by atoms with E-state index in [2.05, 4.69) is 11.9 Å². The molecule has 3 unspecified atom stereocenters. The number of nitrogens with two attached hydrogens (primary N) is 1. The Kier molecular flexibility index (Phi) is 3.56. The molecule has 16 heavy (non-hydrogen) atoms. The Morgan fingerprint density at radius 2 is 2.06 bits per heavy atom. The molecule has 2 aliphatic rings. The molecular weight excluding hydrogens is 224 g/mol. The molecule has 1 saturated heterocycles. The topological polar surface area (TPSA) is 63.4 Å². The monoisotopic (exact) mass is 246 g/mol. The maximum atomic E-state index is 11.5. The zero-order valence-corrected chi connectivity index (χ0v) is 10.7. The van der Waals surface area contributed by atoms with E-state index < -0.39 is 9.84 Å². The van der Waals surface area contributed by atoms with Crippen molar-refractivity contribution in [3.05, 3.63) is 0 Å². The number of nitrogens with zero attached hydrogens (tertiary/aromatic N) is 1. The molecule has 0 aromatic carbocycles. The highest BCUT2D eigenvalue weighted by molar-refractivity contribution is 7.91. The van der Waals surface area contributed by atoms with Gasteiger partial charge in [0.1, 0.15) is 0 Å². The van der Waals surface area contributed by atoms with Crippen LogP contribution in [0.5, 0.6) is 0 Å². The SMILES string of the molecule is CN(C1CCS(=O)(=O)C1)C1CCCC1CN. The van der Waals surface area contributed by atoms with Crippen LogP contribution in [0.15, 0.2) is 0 Å². The smallest absolute Gasteiger partial charge is 0.151 e. The predicted molar refractivity (Wildman–Crippen MR) is 65.0 cm³/mol. The fourth-order valence-electron chi connectivity index (χ4n) is 3.20. The third-order valence-electron chi connectivity index (χ3n) is 4.23. The molecule has 0 amide bonds. The highest BCUT2D eigenvalue weighted by Crippen LogP contribution is 2.31. The van der Waals surface area contributed by atoms with Gasteiger partial charge in [0.25, 0.3) is 0 Å². The van der Waals surface area contributed by atoms with E-state index in [4.69, 9.17) is 5.73 Å². The summed E-state index contributed by atoms with van der Waals surface area (Å²) < 4.78 is 22.9. The minimum atomic E-state index is -2.77. The second kappa shape index (κ2) is 4.63.